The van der Waals surface area contributed by atoms with Crippen LogP contribution in [-0.2, 0) is 4.79 Å². The standard InChI is InChI=1S/C34H66O2/c1-2-3-4-5-6-7-8-9-10-11-12-13-14-15-16-17-18-19-20-21-22-23-24-25-26-27-28-29-30-31-32-33-34(35)36/h11-12H,2-10,13-33H2,1H3,(H,35,36)/b12-11-. The highest BCUT2D eigenvalue weighted by Crippen LogP contribution is 2.15. The summed E-state index contributed by atoms with van der Waals surface area (Å²) in [4.78, 5) is 10.5. The molecule has 0 aliphatic carbocycles. The molecular formula is C34H66O2. The first-order valence-electron chi connectivity index (χ1n) is 16.6. The van der Waals surface area contributed by atoms with Gasteiger partial charge in [-0.3, -0.25) is 4.79 Å². The van der Waals surface area contributed by atoms with Gasteiger partial charge in [0.2, 0.25) is 0 Å². The molecule has 0 aromatic rings. The third kappa shape index (κ3) is 33.2. The number of aliphatic carboxylic acids is 1. The van der Waals surface area contributed by atoms with Gasteiger partial charge < -0.3 is 5.11 Å². The number of carboxylic acids is 1. The average Bonchev–Trinajstić information content (AvgIpc) is 2.87. The molecule has 0 saturated heterocycles. The number of unbranched alkanes of at least 4 members (excludes halogenated alkanes) is 27. The average molecular weight is 507 g/mol. The molecule has 0 atom stereocenters. The Hall–Kier alpha value is -0.790. The monoisotopic (exact) mass is 507 g/mol. The molecule has 0 aliphatic heterocycles. The topological polar surface area (TPSA) is 37.3 Å². The number of hydrogen-bond acceptors (Lipinski definition) is 1. The smallest absolute Gasteiger partial charge is 0.303 e. The van der Waals surface area contributed by atoms with Gasteiger partial charge in [0.25, 0.3) is 0 Å². The summed E-state index contributed by atoms with van der Waals surface area (Å²) in [6, 6.07) is 0. The van der Waals surface area contributed by atoms with Crippen molar-refractivity contribution in [3.8, 4) is 0 Å². The second kappa shape index (κ2) is 32.2. The summed E-state index contributed by atoms with van der Waals surface area (Å²) >= 11 is 0. The van der Waals surface area contributed by atoms with E-state index in [2.05, 4.69) is 19.1 Å². The second-order valence-electron chi connectivity index (χ2n) is 11.4. The van der Waals surface area contributed by atoms with E-state index in [0.29, 0.717) is 6.42 Å². The summed E-state index contributed by atoms with van der Waals surface area (Å²) in [5, 5.41) is 8.62. The van der Waals surface area contributed by atoms with E-state index in [1.807, 2.05) is 0 Å². The molecule has 0 saturated carbocycles. The predicted octanol–water partition coefficient (Wildman–Crippen LogP) is 12.4. The van der Waals surface area contributed by atoms with Crippen molar-refractivity contribution < 1.29 is 9.90 Å². The third-order valence-electron chi connectivity index (χ3n) is 7.65. The van der Waals surface area contributed by atoms with Crippen molar-refractivity contribution in [2.75, 3.05) is 0 Å². The van der Waals surface area contributed by atoms with Crippen molar-refractivity contribution in [3.05, 3.63) is 12.2 Å². The normalized spacial score (nSPS) is 11.6. The van der Waals surface area contributed by atoms with Crippen LogP contribution in [0.4, 0.5) is 0 Å². The lowest BCUT2D eigenvalue weighted by Crippen LogP contribution is -1.93. The molecular weight excluding hydrogens is 440 g/mol. The molecule has 214 valence electrons. The van der Waals surface area contributed by atoms with E-state index in [-0.39, 0.29) is 0 Å². The zero-order valence-electron chi connectivity index (χ0n) is 24.7. The lowest BCUT2D eigenvalue weighted by molar-refractivity contribution is -0.137. The van der Waals surface area contributed by atoms with Crippen LogP contribution in [0.2, 0.25) is 0 Å². The van der Waals surface area contributed by atoms with Crippen LogP contribution in [0, 0.1) is 0 Å². The van der Waals surface area contributed by atoms with Crippen LogP contribution in [0.15, 0.2) is 12.2 Å². The fourth-order valence-electron chi connectivity index (χ4n) is 5.18. The first-order chi connectivity index (χ1) is 17.8. The van der Waals surface area contributed by atoms with Crippen LogP contribution >= 0.6 is 0 Å². The zero-order valence-corrected chi connectivity index (χ0v) is 24.7. The van der Waals surface area contributed by atoms with E-state index < -0.39 is 5.97 Å². The van der Waals surface area contributed by atoms with Crippen molar-refractivity contribution >= 4 is 5.97 Å². The number of hydrogen-bond donors (Lipinski definition) is 1. The molecule has 0 aromatic heterocycles. The molecule has 36 heavy (non-hydrogen) atoms. The Bertz CT molecular complexity index is 442. The van der Waals surface area contributed by atoms with E-state index in [1.54, 1.807) is 0 Å². The Labute approximate surface area is 227 Å². The van der Waals surface area contributed by atoms with Crippen LogP contribution in [0.5, 0.6) is 0 Å². The van der Waals surface area contributed by atoms with Gasteiger partial charge in [-0.15, -0.1) is 0 Å². The largest absolute Gasteiger partial charge is 0.481 e. The number of allylic oxidation sites excluding steroid dienone is 2. The Kier molecular flexibility index (Phi) is 31.5. The summed E-state index contributed by atoms with van der Waals surface area (Å²) in [7, 11) is 0. The van der Waals surface area contributed by atoms with E-state index in [4.69, 9.17) is 5.11 Å². The third-order valence-corrected chi connectivity index (χ3v) is 7.65. The molecule has 1 N–H and O–H groups in total. The van der Waals surface area contributed by atoms with Crippen LogP contribution in [-0.4, -0.2) is 11.1 Å². The molecule has 0 aliphatic rings. The van der Waals surface area contributed by atoms with E-state index in [9.17, 15) is 4.79 Å². The predicted molar refractivity (Wildman–Crippen MR) is 161 cm³/mol. The van der Waals surface area contributed by atoms with Gasteiger partial charge >= 0.3 is 5.97 Å². The van der Waals surface area contributed by atoms with Crippen molar-refractivity contribution in [2.45, 2.75) is 200 Å². The zero-order chi connectivity index (χ0) is 26.2. The van der Waals surface area contributed by atoms with Crippen LogP contribution in [0.1, 0.15) is 200 Å². The number of carbonyl (C=O) groups is 1. The summed E-state index contributed by atoms with van der Waals surface area (Å²) < 4.78 is 0. The SMILES string of the molecule is CCCCCCCCCC/C=C\CCCCCCCCCCCCCCCCCCCCCC(=O)O. The molecule has 0 amide bonds. The molecule has 0 spiro atoms. The summed E-state index contributed by atoms with van der Waals surface area (Å²) in [5.41, 5.74) is 0. The van der Waals surface area contributed by atoms with Gasteiger partial charge in [0.05, 0.1) is 0 Å². The molecule has 2 nitrogen and oxygen atoms in total. The lowest BCUT2D eigenvalue weighted by atomic mass is 10.0. The van der Waals surface area contributed by atoms with Crippen LogP contribution < -0.4 is 0 Å². The molecule has 0 radical (unpaired) electrons. The molecule has 0 aromatic carbocycles. The lowest BCUT2D eigenvalue weighted by Gasteiger charge is -2.04. The molecule has 2 heteroatoms. The Morgan fingerprint density at radius 2 is 0.667 bits per heavy atom. The second-order valence-corrected chi connectivity index (χ2v) is 11.4. The minimum Gasteiger partial charge on any atom is -0.481 e. The maximum atomic E-state index is 10.5. The van der Waals surface area contributed by atoms with Crippen LogP contribution in [0.3, 0.4) is 0 Å². The van der Waals surface area contributed by atoms with Gasteiger partial charge in [-0.2, -0.15) is 0 Å². The summed E-state index contributed by atoms with van der Waals surface area (Å²) in [5.74, 6) is -0.650. The van der Waals surface area contributed by atoms with Gasteiger partial charge in [-0.05, 0) is 32.1 Å². The first kappa shape index (κ1) is 35.2. The quantitative estimate of drug-likeness (QED) is 0.0749. The van der Waals surface area contributed by atoms with Crippen molar-refractivity contribution in [3.63, 3.8) is 0 Å². The van der Waals surface area contributed by atoms with E-state index >= 15 is 0 Å². The molecule has 0 fully saturated rings. The van der Waals surface area contributed by atoms with E-state index in [0.717, 1.165) is 12.8 Å². The summed E-state index contributed by atoms with van der Waals surface area (Å²) in [6.07, 6.45) is 44.9. The Balaban J connectivity index is 3.07. The van der Waals surface area contributed by atoms with Gasteiger partial charge in [0.1, 0.15) is 0 Å². The van der Waals surface area contributed by atoms with Crippen molar-refractivity contribution in [1.29, 1.82) is 0 Å². The molecule has 0 rings (SSSR count). The molecule has 0 unspecified atom stereocenters. The van der Waals surface area contributed by atoms with Crippen molar-refractivity contribution in [1.82, 2.24) is 0 Å². The molecule has 0 bridgehead atoms. The highest BCUT2D eigenvalue weighted by Gasteiger charge is 1.97. The first-order valence-corrected chi connectivity index (χ1v) is 16.6. The Morgan fingerprint density at radius 1 is 0.417 bits per heavy atom. The fourth-order valence-corrected chi connectivity index (χ4v) is 5.18. The number of carboxylic acid groups (broad SMARTS) is 1. The van der Waals surface area contributed by atoms with E-state index in [1.165, 1.54) is 173 Å². The maximum Gasteiger partial charge on any atom is 0.303 e. The van der Waals surface area contributed by atoms with Gasteiger partial charge in [0, 0.05) is 6.42 Å². The minimum atomic E-state index is -0.650. The van der Waals surface area contributed by atoms with Crippen molar-refractivity contribution in [2.24, 2.45) is 0 Å². The maximum absolute atomic E-state index is 10.5. The minimum absolute atomic E-state index is 0.345. The highest BCUT2D eigenvalue weighted by atomic mass is 16.4. The van der Waals surface area contributed by atoms with Crippen LogP contribution in [0.25, 0.3) is 0 Å². The summed E-state index contributed by atoms with van der Waals surface area (Å²) in [6.45, 7) is 2.29. The van der Waals surface area contributed by atoms with Gasteiger partial charge in [-0.25, -0.2) is 0 Å². The fraction of sp³-hybridized carbons (Fsp3) is 0.912. The van der Waals surface area contributed by atoms with Gasteiger partial charge in [0.15, 0.2) is 0 Å². The molecule has 0 heterocycles. The Morgan fingerprint density at radius 3 is 0.944 bits per heavy atom. The number of rotatable bonds is 31. The highest BCUT2D eigenvalue weighted by molar-refractivity contribution is 5.66. The van der Waals surface area contributed by atoms with Gasteiger partial charge in [-0.1, -0.05) is 173 Å².